The van der Waals surface area contributed by atoms with Crippen molar-refractivity contribution in [3.8, 4) is 22.8 Å². The topological polar surface area (TPSA) is 115 Å². The number of pyridine rings is 1. The van der Waals surface area contributed by atoms with Crippen LogP contribution in [0.4, 0.5) is 16.3 Å². The Morgan fingerprint density at radius 2 is 1.77 bits per heavy atom. The van der Waals surface area contributed by atoms with Gasteiger partial charge in [-0.15, -0.1) is 5.10 Å². The molecule has 11 heteroatoms. The molecule has 1 aliphatic heterocycles. The van der Waals surface area contributed by atoms with Gasteiger partial charge in [0.25, 0.3) is 5.91 Å². The molecular weight excluding hydrogens is 510 g/mol. The maximum atomic E-state index is 13.6. The van der Waals surface area contributed by atoms with E-state index >= 15 is 0 Å². The fourth-order valence-corrected chi connectivity index (χ4v) is 5.12. The predicted molar refractivity (Wildman–Crippen MR) is 153 cm³/mol. The number of nitrogens with zero attached hydrogens (tertiary/aromatic N) is 6. The predicted octanol–water partition coefficient (Wildman–Crippen LogP) is 3.32. The van der Waals surface area contributed by atoms with Gasteiger partial charge in [-0.05, 0) is 60.4 Å². The van der Waals surface area contributed by atoms with E-state index in [1.54, 1.807) is 48.3 Å². The first kappa shape index (κ1) is 26.7. The lowest BCUT2D eigenvalue weighted by Crippen LogP contribution is -2.33. The number of urea groups is 1. The third kappa shape index (κ3) is 4.49. The first-order chi connectivity index (χ1) is 19.3. The highest BCUT2D eigenvalue weighted by atomic mass is 16.5. The molecular formula is C29H31N7O4. The Morgan fingerprint density at radius 1 is 1.05 bits per heavy atom. The molecule has 0 radical (unpaired) electrons. The number of hydrogen-bond donors (Lipinski definition) is 1. The molecule has 206 valence electrons. The highest BCUT2D eigenvalue weighted by molar-refractivity contribution is 6.07. The molecule has 0 saturated carbocycles. The number of nitrogens with one attached hydrogen (secondary N) is 1. The van der Waals surface area contributed by atoms with E-state index in [9.17, 15) is 14.4 Å². The summed E-state index contributed by atoms with van der Waals surface area (Å²) in [6.07, 6.45) is 2.45. The zero-order valence-corrected chi connectivity index (χ0v) is 23.1. The quantitative estimate of drug-likeness (QED) is 0.384. The normalized spacial score (nSPS) is 13.2. The van der Waals surface area contributed by atoms with Gasteiger partial charge in [0.1, 0.15) is 5.82 Å². The molecule has 0 atom stereocenters. The minimum Gasteiger partial charge on any atom is -0.467 e. The van der Waals surface area contributed by atoms with Gasteiger partial charge in [0.05, 0.1) is 12.8 Å². The smallest absolute Gasteiger partial charge is 0.353 e. The maximum absolute atomic E-state index is 13.6. The number of carbonyl (C=O) groups is 2. The monoisotopic (exact) mass is 541 g/mol. The van der Waals surface area contributed by atoms with Gasteiger partial charge in [-0.25, -0.2) is 23.8 Å². The van der Waals surface area contributed by atoms with Gasteiger partial charge in [-0.3, -0.25) is 14.6 Å². The molecule has 5 rings (SSSR count). The SMILES string of the molecule is CCc1c(N2CCN(c3cccc(C(=O)NC)c3)C2=O)ncc(C)c1-c1ccc(-n2c(OC)nn(C)c2=O)cc1. The van der Waals surface area contributed by atoms with Crippen LogP contribution in [0.2, 0.25) is 0 Å². The fourth-order valence-electron chi connectivity index (χ4n) is 5.12. The lowest BCUT2D eigenvalue weighted by atomic mass is 9.94. The van der Waals surface area contributed by atoms with Gasteiger partial charge < -0.3 is 10.1 Å². The van der Waals surface area contributed by atoms with Gasteiger partial charge in [0, 0.05) is 50.2 Å². The first-order valence-corrected chi connectivity index (χ1v) is 13.0. The summed E-state index contributed by atoms with van der Waals surface area (Å²) in [5.74, 6) is 0.411. The zero-order valence-electron chi connectivity index (χ0n) is 23.1. The number of hydrogen-bond acceptors (Lipinski definition) is 6. The van der Waals surface area contributed by atoms with Crippen molar-refractivity contribution in [3.63, 3.8) is 0 Å². The molecule has 1 aliphatic rings. The van der Waals surface area contributed by atoms with E-state index < -0.39 is 0 Å². The number of ether oxygens (including phenoxy) is 1. The largest absolute Gasteiger partial charge is 0.467 e. The minimum absolute atomic E-state index is 0.190. The van der Waals surface area contributed by atoms with Crippen LogP contribution in [0.15, 0.2) is 59.5 Å². The lowest BCUT2D eigenvalue weighted by molar-refractivity contribution is 0.0963. The summed E-state index contributed by atoms with van der Waals surface area (Å²) >= 11 is 0. The second-order valence-electron chi connectivity index (χ2n) is 9.46. The van der Waals surface area contributed by atoms with Crippen LogP contribution in [-0.4, -0.2) is 58.5 Å². The standard InChI is InChI=1S/C29H31N7O4/c1-6-23-24(19-10-12-21(13-11-19)36-27(40-5)32-33(4)28(36)38)18(2)17-31-25(23)35-15-14-34(29(35)39)22-9-7-8-20(16-22)26(37)30-3/h7-13,16-17H,6,14-15H2,1-5H3,(H,30,37). The Balaban J connectivity index is 1.50. The van der Waals surface area contributed by atoms with Gasteiger partial charge in [-0.2, -0.15) is 0 Å². The van der Waals surface area contributed by atoms with Gasteiger partial charge in [0.2, 0.25) is 0 Å². The summed E-state index contributed by atoms with van der Waals surface area (Å²) in [5.41, 5.74) is 5.36. The molecule has 1 saturated heterocycles. The summed E-state index contributed by atoms with van der Waals surface area (Å²) in [6, 6.07) is 14.6. The van der Waals surface area contributed by atoms with Gasteiger partial charge >= 0.3 is 17.7 Å². The van der Waals surface area contributed by atoms with Crippen LogP contribution in [0.5, 0.6) is 6.01 Å². The fraction of sp³-hybridized carbons (Fsp3) is 0.276. The van der Waals surface area contributed by atoms with Crippen LogP contribution >= 0.6 is 0 Å². The molecule has 1 fully saturated rings. The van der Waals surface area contributed by atoms with E-state index in [2.05, 4.69) is 10.4 Å². The van der Waals surface area contributed by atoms with E-state index in [1.807, 2.05) is 44.2 Å². The second kappa shape index (κ2) is 10.7. The van der Waals surface area contributed by atoms with Crippen molar-refractivity contribution < 1.29 is 14.3 Å². The van der Waals surface area contributed by atoms with E-state index in [0.717, 1.165) is 22.3 Å². The van der Waals surface area contributed by atoms with E-state index in [0.29, 0.717) is 42.3 Å². The molecule has 1 N–H and O–H groups in total. The van der Waals surface area contributed by atoms with E-state index in [1.165, 1.54) is 16.4 Å². The first-order valence-electron chi connectivity index (χ1n) is 13.0. The van der Waals surface area contributed by atoms with Gasteiger partial charge in [0.15, 0.2) is 0 Å². The third-order valence-corrected chi connectivity index (χ3v) is 7.10. The molecule has 40 heavy (non-hydrogen) atoms. The van der Waals surface area contributed by atoms with Crippen molar-refractivity contribution >= 4 is 23.4 Å². The number of carbonyl (C=O) groups excluding carboxylic acids is 2. The molecule has 0 unspecified atom stereocenters. The Morgan fingerprint density at radius 3 is 2.45 bits per heavy atom. The second-order valence-corrected chi connectivity index (χ2v) is 9.46. The van der Waals surface area contributed by atoms with Crippen LogP contribution in [-0.2, 0) is 13.5 Å². The number of aromatic nitrogens is 4. The average Bonchev–Trinajstić information content (AvgIpc) is 3.50. The Bertz CT molecular complexity index is 1660. The molecule has 0 spiro atoms. The van der Waals surface area contributed by atoms with Crippen molar-refractivity contribution in [2.75, 3.05) is 37.0 Å². The van der Waals surface area contributed by atoms with Crippen molar-refractivity contribution in [3.05, 3.63) is 81.9 Å². The number of benzene rings is 2. The summed E-state index contributed by atoms with van der Waals surface area (Å²) in [4.78, 5) is 46.4. The summed E-state index contributed by atoms with van der Waals surface area (Å²) in [6.45, 7) is 4.98. The number of anilines is 2. The number of methoxy groups -OCH3 is 1. The number of rotatable bonds is 7. The molecule has 2 aromatic heterocycles. The summed E-state index contributed by atoms with van der Waals surface area (Å²) in [7, 11) is 4.62. The van der Waals surface area contributed by atoms with E-state index in [-0.39, 0.29) is 23.6 Å². The number of aryl methyl sites for hydroxylation is 2. The summed E-state index contributed by atoms with van der Waals surface area (Å²) in [5, 5.41) is 6.73. The van der Waals surface area contributed by atoms with Gasteiger partial charge in [-0.1, -0.05) is 25.1 Å². The zero-order chi connectivity index (χ0) is 28.6. The Hall–Kier alpha value is -4.93. The van der Waals surface area contributed by atoms with Crippen LogP contribution in [0.3, 0.4) is 0 Å². The average molecular weight is 542 g/mol. The van der Waals surface area contributed by atoms with Crippen LogP contribution in [0.1, 0.15) is 28.4 Å². The molecule has 2 aromatic carbocycles. The van der Waals surface area contributed by atoms with Crippen molar-refractivity contribution in [1.29, 1.82) is 0 Å². The summed E-state index contributed by atoms with van der Waals surface area (Å²) < 4.78 is 7.92. The number of amides is 3. The highest BCUT2D eigenvalue weighted by Crippen LogP contribution is 2.36. The molecule has 0 bridgehead atoms. The molecule has 3 heterocycles. The molecule has 4 aromatic rings. The van der Waals surface area contributed by atoms with Crippen LogP contribution in [0.25, 0.3) is 16.8 Å². The van der Waals surface area contributed by atoms with Crippen LogP contribution < -0.4 is 25.5 Å². The Labute approximate surface area is 231 Å². The third-order valence-electron chi connectivity index (χ3n) is 7.10. The van der Waals surface area contributed by atoms with Crippen molar-refractivity contribution in [2.45, 2.75) is 20.3 Å². The lowest BCUT2D eigenvalue weighted by Gasteiger charge is -2.23. The Kier molecular flexibility index (Phi) is 7.12. The molecule has 11 nitrogen and oxygen atoms in total. The minimum atomic E-state index is -0.306. The molecule has 3 amide bonds. The highest BCUT2D eigenvalue weighted by Gasteiger charge is 2.33. The molecule has 0 aliphatic carbocycles. The van der Waals surface area contributed by atoms with Crippen LogP contribution in [0, 0.1) is 6.92 Å². The maximum Gasteiger partial charge on any atom is 0.353 e. The van der Waals surface area contributed by atoms with Crippen molar-refractivity contribution in [1.82, 2.24) is 24.6 Å². The van der Waals surface area contributed by atoms with Crippen molar-refractivity contribution in [2.24, 2.45) is 7.05 Å². The van der Waals surface area contributed by atoms with E-state index in [4.69, 9.17) is 9.72 Å².